The zero-order valence-corrected chi connectivity index (χ0v) is 19.6. The Bertz CT molecular complexity index is 1130. The number of fused-ring (bicyclic) bond motifs is 1. The van der Waals surface area contributed by atoms with Crippen LogP contribution in [0.1, 0.15) is 39.2 Å². The van der Waals surface area contributed by atoms with Gasteiger partial charge in [0, 0.05) is 24.7 Å². The van der Waals surface area contributed by atoms with Crippen LogP contribution in [-0.4, -0.2) is 36.2 Å². The van der Waals surface area contributed by atoms with Gasteiger partial charge in [0.05, 0.1) is 12.8 Å². The third-order valence-electron chi connectivity index (χ3n) is 4.52. The van der Waals surface area contributed by atoms with E-state index in [-0.39, 0.29) is 12.3 Å². The van der Waals surface area contributed by atoms with E-state index in [1.807, 2.05) is 25.1 Å². The number of rotatable bonds is 8. The second-order valence-electron chi connectivity index (χ2n) is 8.61. The molecule has 2 amide bonds. The Morgan fingerprint density at radius 2 is 1.91 bits per heavy atom. The second-order valence-corrected chi connectivity index (χ2v) is 8.61. The summed E-state index contributed by atoms with van der Waals surface area (Å²) in [5, 5.41) is 8.58. The third-order valence-corrected chi connectivity index (χ3v) is 4.52. The summed E-state index contributed by atoms with van der Waals surface area (Å²) in [6.45, 7) is 7.72. The Balaban J connectivity index is 1.53. The van der Waals surface area contributed by atoms with E-state index < -0.39 is 11.7 Å². The highest BCUT2D eigenvalue weighted by Crippen LogP contribution is 2.31. The number of nitrogens with zero attached hydrogens (tertiary/aromatic N) is 1. The molecule has 33 heavy (non-hydrogen) atoms. The Morgan fingerprint density at radius 1 is 1.12 bits per heavy atom. The van der Waals surface area contributed by atoms with Crippen molar-refractivity contribution in [3.05, 3.63) is 42.0 Å². The smallest absolute Gasteiger partial charge is 0.407 e. The number of aromatic nitrogens is 1. The number of methoxy groups -OCH3 is 1. The van der Waals surface area contributed by atoms with Crippen LogP contribution in [0.25, 0.3) is 11.1 Å². The van der Waals surface area contributed by atoms with E-state index in [2.05, 4.69) is 20.9 Å². The predicted octanol–water partition coefficient (Wildman–Crippen LogP) is 5.13. The molecular weight excluding hydrogens is 424 g/mol. The molecule has 3 N–H and O–H groups in total. The average Bonchev–Trinajstić information content (AvgIpc) is 3.12. The maximum absolute atomic E-state index is 12.3. The molecule has 3 aromatic rings. The van der Waals surface area contributed by atoms with Gasteiger partial charge in [-0.15, -0.1) is 0 Å². The molecule has 9 nitrogen and oxygen atoms in total. The topological polar surface area (TPSA) is 115 Å². The van der Waals surface area contributed by atoms with Crippen molar-refractivity contribution in [1.29, 1.82) is 0 Å². The third kappa shape index (κ3) is 7.13. The molecule has 0 fully saturated rings. The number of oxazole rings is 1. The maximum Gasteiger partial charge on any atom is 0.407 e. The van der Waals surface area contributed by atoms with Crippen molar-refractivity contribution in [2.24, 2.45) is 0 Å². The summed E-state index contributed by atoms with van der Waals surface area (Å²) in [4.78, 5) is 28.3. The van der Waals surface area contributed by atoms with Gasteiger partial charge in [-0.1, -0.05) is 6.07 Å². The number of hydrogen-bond acceptors (Lipinski definition) is 7. The van der Waals surface area contributed by atoms with Crippen molar-refractivity contribution in [3.8, 4) is 5.75 Å². The molecule has 3 rings (SSSR count). The first kappa shape index (κ1) is 23.9. The van der Waals surface area contributed by atoms with Gasteiger partial charge in [0.15, 0.2) is 5.58 Å². The van der Waals surface area contributed by atoms with E-state index in [9.17, 15) is 9.59 Å². The fraction of sp³-hybridized carbons (Fsp3) is 0.375. The highest BCUT2D eigenvalue weighted by atomic mass is 16.6. The first-order valence-corrected chi connectivity index (χ1v) is 10.7. The lowest BCUT2D eigenvalue weighted by Gasteiger charge is -2.19. The predicted molar refractivity (Wildman–Crippen MR) is 127 cm³/mol. The molecule has 0 aliphatic heterocycles. The Kier molecular flexibility index (Phi) is 7.42. The van der Waals surface area contributed by atoms with Crippen LogP contribution < -0.4 is 20.7 Å². The molecule has 0 aliphatic rings. The van der Waals surface area contributed by atoms with E-state index >= 15 is 0 Å². The van der Waals surface area contributed by atoms with Crippen LogP contribution in [-0.2, 0) is 9.53 Å². The molecule has 0 radical (unpaired) electrons. The van der Waals surface area contributed by atoms with Crippen molar-refractivity contribution < 1.29 is 23.5 Å². The van der Waals surface area contributed by atoms with E-state index in [1.54, 1.807) is 46.1 Å². The molecule has 0 atom stereocenters. The molecule has 0 aliphatic carbocycles. The van der Waals surface area contributed by atoms with Gasteiger partial charge in [0.2, 0.25) is 5.91 Å². The minimum atomic E-state index is -0.555. The van der Waals surface area contributed by atoms with Crippen LogP contribution in [0.15, 0.2) is 40.8 Å². The summed E-state index contributed by atoms with van der Waals surface area (Å²) in [6.07, 6.45) is 0.240. The zero-order valence-electron chi connectivity index (χ0n) is 19.6. The molecule has 9 heteroatoms. The minimum absolute atomic E-state index is 0.168. The number of hydrogen-bond donors (Lipinski definition) is 3. The fourth-order valence-electron chi connectivity index (χ4n) is 3.06. The first-order valence-electron chi connectivity index (χ1n) is 10.7. The number of aryl methyl sites for hydroxylation is 1. The SMILES string of the molecule is COc1cc(NC(=O)CCCNC(=O)OC(C)(C)C)ccc1Nc1nc2cc(C)ccc2o1. The second kappa shape index (κ2) is 10.2. The highest BCUT2D eigenvalue weighted by Gasteiger charge is 2.16. The molecule has 0 spiro atoms. The Morgan fingerprint density at radius 3 is 2.64 bits per heavy atom. The summed E-state index contributed by atoms with van der Waals surface area (Å²) in [6, 6.07) is 11.4. The van der Waals surface area contributed by atoms with Gasteiger partial charge in [-0.3, -0.25) is 4.79 Å². The van der Waals surface area contributed by atoms with Crippen LogP contribution in [0, 0.1) is 6.92 Å². The molecule has 0 saturated carbocycles. The van der Waals surface area contributed by atoms with Crippen molar-refractivity contribution in [1.82, 2.24) is 10.3 Å². The van der Waals surface area contributed by atoms with Gasteiger partial charge < -0.3 is 29.8 Å². The van der Waals surface area contributed by atoms with Gasteiger partial charge in [-0.25, -0.2) is 4.79 Å². The lowest BCUT2D eigenvalue weighted by molar-refractivity contribution is -0.116. The summed E-state index contributed by atoms with van der Waals surface area (Å²) in [7, 11) is 1.55. The number of alkyl carbamates (subject to hydrolysis) is 1. The van der Waals surface area contributed by atoms with Gasteiger partial charge in [-0.05, 0) is 63.9 Å². The zero-order chi connectivity index (χ0) is 24.0. The first-order chi connectivity index (χ1) is 15.6. The Hall–Kier alpha value is -3.75. The lowest BCUT2D eigenvalue weighted by Crippen LogP contribution is -2.33. The average molecular weight is 455 g/mol. The number of nitrogens with one attached hydrogen (secondary N) is 3. The Labute approximate surface area is 192 Å². The molecular formula is C24H30N4O5. The van der Waals surface area contributed by atoms with Gasteiger partial charge in [0.1, 0.15) is 16.9 Å². The summed E-state index contributed by atoms with van der Waals surface area (Å²) < 4.78 is 16.3. The fourth-order valence-corrected chi connectivity index (χ4v) is 3.06. The minimum Gasteiger partial charge on any atom is -0.494 e. The van der Waals surface area contributed by atoms with Crippen LogP contribution in [0.4, 0.5) is 22.2 Å². The van der Waals surface area contributed by atoms with Crippen LogP contribution in [0.5, 0.6) is 5.75 Å². The largest absolute Gasteiger partial charge is 0.494 e. The van der Waals surface area contributed by atoms with E-state index in [4.69, 9.17) is 13.9 Å². The lowest BCUT2D eigenvalue weighted by atomic mass is 10.2. The van der Waals surface area contributed by atoms with E-state index in [1.165, 1.54) is 0 Å². The van der Waals surface area contributed by atoms with Gasteiger partial charge in [0.25, 0.3) is 6.01 Å². The number of carbonyl (C=O) groups is 2. The molecule has 0 saturated heterocycles. The molecule has 176 valence electrons. The number of carbonyl (C=O) groups excluding carboxylic acids is 2. The van der Waals surface area contributed by atoms with Crippen molar-refractivity contribution >= 4 is 40.5 Å². The normalized spacial score (nSPS) is 11.2. The van der Waals surface area contributed by atoms with Crippen LogP contribution in [0.3, 0.4) is 0 Å². The number of anilines is 3. The summed E-state index contributed by atoms with van der Waals surface area (Å²) in [5.74, 6) is 0.357. The summed E-state index contributed by atoms with van der Waals surface area (Å²) >= 11 is 0. The van der Waals surface area contributed by atoms with Crippen molar-refractivity contribution in [2.45, 2.75) is 46.1 Å². The van der Waals surface area contributed by atoms with Crippen molar-refractivity contribution in [2.75, 3.05) is 24.3 Å². The molecule has 0 unspecified atom stereocenters. The molecule has 0 bridgehead atoms. The van der Waals surface area contributed by atoms with Gasteiger partial charge >= 0.3 is 6.09 Å². The monoisotopic (exact) mass is 454 g/mol. The van der Waals surface area contributed by atoms with Crippen molar-refractivity contribution in [3.63, 3.8) is 0 Å². The quantitative estimate of drug-likeness (QED) is 0.404. The maximum atomic E-state index is 12.3. The number of amides is 2. The number of benzene rings is 2. The van der Waals surface area contributed by atoms with Crippen LogP contribution >= 0.6 is 0 Å². The number of ether oxygens (including phenoxy) is 2. The van der Waals surface area contributed by atoms with E-state index in [0.29, 0.717) is 41.7 Å². The standard InChI is InChI=1S/C24H30N4O5/c1-15-8-11-19-18(13-15)28-22(32-19)27-17-10-9-16(14-20(17)31-5)26-21(29)7-6-12-25-23(30)33-24(2,3)4/h8-11,13-14H,6-7,12H2,1-5H3,(H,25,30)(H,26,29)(H,27,28). The molecule has 1 heterocycles. The highest BCUT2D eigenvalue weighted by molar-refractivity contribution is 5.91. The molecule has 2 aromatic carbocycles. The van der Waals surface area contributed by atoms with E-state index in [0.717, 1.165) is 11.1 Å². The molecule has 1 aromatic heterocycles. The summed E-state index contributed by atoms with van der Waals surface area (Å²) in [5.41, 5.74) is 3.24. The van der Waals surface area contributed by atoms with Gasteiger partial charge in [-0.2, -0.15) is 4.98 Å². The van der Waals surface area contributed by atoms with Crippen LogP contribution in [0.2, 0.25) is 0 Å².